The second-order valence-electron chi connectivity index (χ2n) is 8.21. The highest BCUT2D eigenvalue weighted by atomic mass is 19.4. The van der Waals surface area contributed by atoms with Crippen LogP contribution >= 0.6 is 0 Å². The van der Waals surface area contributed by atoms with E-state index in [1.54, 1.807) is 0 Å². The Hall–Kier alpha value is -2.14. The molecule has 1 spiro atoms. The Bertz CT molecular complexity index is 748. The van der Waals surface area contributed by atoms with Gasteiger partial charge >= 0.3 is 12.1 Å². The normalized spacial score (nSPS) is 22.4. The van der Waals surface area contributed by atoms with E-state index in [0.717, 1.165) is 49.8 Å². The molecule has 1 N–H and O–H groups in total. The molecule has 2 aliphatic heterocycles. The topological polar surface area (TPSA) is 96.1 Å². The van der Waals surface area contributed by atoms with Crippen molar-refractivity contribution < 1.29 is 37.1 Å². The predicted molar refractivity (Wildman–Crippen MR) is 104 cm³/mol. The number of aliphatic carboxylic acids is 1. The second kappa shape index (κ2) is 10.4. The summed E-state index contributed by atoms with van der Waals surface area (Å²) in [5, 5.41) is 11.1. The fraction of sp³-hybridized carbons (Fsp3) is 0.750. The summed E-state index contributed by atoms with van der Waals surface area (Å²) >= 11 is 0. The summed E-state index contributed by atoms with van der Waals surface area (Å²) in [7, 11) is 0. The van der Waals surface area contributed by atoms with Gasteiger partial charge in [0.15, 0.2) is 0 Å². The van der Waals surface area contributed by atoms with Gasteiger partial charge in [-0.05, 0) is 26.8 Å². The molecular formula is C20H30F3N3O5. The van der Waals surface area contributed by atoms with Crippen molar-refractivity contribution >= 4 is 11.9 Å². The van der Waals surface area contributed by atoms with E-state index in [9.17, 15) is 18.0 Å². The van der Waals surface area contributed by atoms with Crippen molar-refractivity contribution in [1.82, 2.24) is 15.0 Å². The fourth-order valence-corrected chi connectivity index (χ4v) is 3.90. The maximum absolute atomic E-state index is 12.6. The number of aryl methyl sites for hydroxylation is 2. The van der Waals surface area contributed by atoms with E-state index in [4.69, 9.17) is 19.2 Å². The molecule has 3 heterocycles. The summed E-state index contributed by atoms with van der Waals surface area (Å²) in [5.41, 5.74) is 1.85. The lowest BCUT2D eigenvalue weighted by Gasteiger charge is -2.31. The number of carbonyl (C=O) groups excluding carboxylic acids is 1. The van der Waals surface area contributed by atoms with Crippen LogP contribution in [0.1, 0.15) is 43.2 Å². The minimum atomic E-state index is -5.08. The molecule has 11 heteroatoms. The molecule has 1 unspecified atom stereocenters. The lowest BCUT2D eigenvalue weighted by Crippen LogP contribution is -2.41. The highest BCUT2D eigenvalue weighted by molar-refractivity contribution is 5.79. The number of nitrogens with zero attached hydrogens (tertiary/aromatic N) is 3. The van der Waals surface area contributed by atoms with Gasteiger partial charge in [-0.1, -0.05) is 18.5 Å². The van der Waals surface area contributed by atoms with Crippen LogP contribution in [0.15, 0.2) is 4.52 Å². The number of aromatic nitrogens is 1. The number of amides is 1. The monoisotopic (exact) mass is 449 g/mol. The maximum Gasteiger partial charge on any atom is 0.490 e. The van der Waals surface area contributed by atoms with Gasteiger partial charge in [0.1, 0.15) is 5.76 Å². The third-order valence-corrected chi connectivity index (χ3v) is 5.52. The van der Waals surface area contributed by atoms with Crippen molar-refractivity contribution in [1.29, 1.82) is 0 Å². The lowest BCUT2D eigenvalue weighted by atomic mass is 9.87. The molecule has 1 atom stereocenters. The van der Waals surface area contributed by atoms with Gasteiger partial charge in [0.05, 0.1) is 25.5 Å². The van der Waals surface area contributed by atoms with Crippen LogP contribution in [0.4, 0.5) is 13.2 Å². The molecule has 1 aromatic rings. The molecule has 176 valence electrons. The highest BCUT2D eigenvalue weighted by Crippen LogP contribution is 2.35. The van der Waals surface area contributed by atoms with Crippen LogP contribution in [0, 0.1) is 19.3 Å². The first kappa shape index (κ1) is 25.1. The van der Waals surface area contributed by atoms with Gasteiger partial charge in [0.2, 0.25) is 5.91 Å². The largest absolute Gasteiger partial charge is 0.490 e. The molecule has 2 saturated heterocycles. The average Bonchev–Trinajstić information content (AvgIpc) is 3.07. The molecule has 2 aliphatic rings. The summed E-state index contributed by atoms with van der Waals surface area (Å²) in [6, 6.07) is 0. The standard InChI is InChI=1S/C18H29N3O3.C2HF3O2/c1-4-5-6-20-7-8-23-13-18(11-20)9-17(22)21(12-18)10-16-14(2)19-24-15(16)3;3-2(4,5)1(6)7/h4-13H2,1-3H3;(H,6,7). The number of hydrogen-bond donors (Lipinski definition) is 1. The first-order valence-corrected chi connectivity index (χ1v) is 10.3. The molecule has 31 heavy (non-hydrogen) atoms. The molecule has 8 nitrogen and oxygen atoms in total. The van der Waals surface area contributed by atoms with Gasteiger partial charge in [0, 0.05) is 37.0 Å². The second-order valence-corrected chi connectivity index (χ2v) is 8.21. The number of unbranched alkanes of at least 4 members (excludes halogenated alkanes) is 1. The van der Waals surface area contributed by atoms with Crippen molar-refractivity contribution in [2.45, 2.75) is 52.8 Å². The number of rotatable bonds is 5. The molecule has 0 saturated carbocycles. The minimum absolute atomic E-state index is 0.0691. The summed E-state index contributed by atoms with van der Waals surface area (Å²) in [4.78, 5) is 26.0. The number of hydrogen-bond acceptors (Lipinski definition) is 6. The third kappa shape index (κ3) is 6.93. The van der Waals surface area contributed by atoms with Crippen molar-refractivity contribution in [3.8, 4) is 0 Å². The number of carboxylic acid groups (broad SMARTS) is 1. The average molecular weight is 449 g/mol. The third-order valence-electron chi connectivity index (χ3n) is 5.52. The van der Waals surface area contributed by atoms with E-state index in [0.29, 0.717) is 19.6 Å². The van der Waals surface area contributed by atoms with E-state index >= 15 is 0 Å². The van der Waals surface area contributed by atoms with Crippen LogP contribution in [0.3, 0.4) is 0 Å². The van der Waals surface area contributed by atoms with Crippen molar-refractivity contribution in [2.75, 3.05) is 39.4 Å². The quantitative estimate of drug-likeness (QED) is 0.738. The summed E-state index contributed by atoms with van der Waals surface area (Å²) in [5.74, 6) is -1.73. The molecule has 0 bridgehead atoms. The number of ether oxygens (including phenoxy) is 1. The van der Waals surface area contributed by atoms with Crippen LogP contribution in [0.2, 0.25) is 0 Å². The zero-order chi connectivity index (χ0) is 23.2. The Labute approximate surface area is 179 Å². The summed E-state index contributed by atoms with van der Waals surface area (Å²) in [6.45, 7) is 11.9. The van der Waals surface area contributed by atoms with Gasteiger partial charge in [-0.25, -0.2) is 4.79 Å². The molecule has 0 radical (unpaired) electrons. The first-order valence-electron chi connectivity index (χ1n) is 10.3. The Morgan fingerprint density at radius 3 is 2.52 bits per heavy atom. The van der Waals surface area contributed by atoms with E-state index in [2.05, 4.69) is 17.0 Å². The molecule has 1 amide bonds. The minimum Gasteiger partial charge on any atom is -0.475 e. The molecule has 1 aromatic heterocycles. The molecule has 0 aromatic carbocycles. The molecule has 0 aliphatic carbocycles. The zero-order valence-corrected chi connectivity index (χ0v) is 18.1. The van der Waals surface area contributed by atoms with Gasteiger partial charge in [-0.15, -0.1) is 0 Å². The van der Waals surface area contributed by atoms with Crippen molar-refractivity contribution in [3.05, 3.63) is 17.0 Å². The van der Waals surface area contributed by atoms with Crippen LogP contribution in [0.25, 0.3) is 0 Å². The van der Waals surface area contributed by atoms with Crippen LogP contribution in [-0.2, 0) is 20.9 Å². The number of alkyl halides is 3. The highest BCUT2D eigenvalue weighted by Gasteiger charge is 2.45. The van der Waals surface area contributed by atoms with Gasteiger partial charge in [-0.2, -0.15) is 13.2 Å². The van der Waals surface area contributed by atoms with Crippen molar-refractivity contribution in [2.24, 2.45) is 5.41 Å². The van der Waals surface area contributed by atoms with Crippen LogP contribution in [-0.4, -0.2) is 77.5 Å². The molecular weight excluding hydrogens is 419 g/mol. The molecule has 3 rings (SSSR count). The van der Waals surface area contributed by atoms with Crippen molar-refractivity contribution in [3.63, 3.8) is 0 Å². The van der Waals surface area contributed by atoms with Crippen LogP contribution < -0.4 is 0 Å². The zero-order valence-electron chi connectivity index (χ0n) is 18.1. The first-order chi connectivity index (χ1) is 14.5. The smallest absolute Gasteiger partial charge is 0.475 e. The number of carbonyl (C=O) groups is 2. The van der Waals surface area contributed by atoms with Gasteiger partial charge in [0.25, 0.3) is 0 Å². The Balaban J connectivity index is 0.000000423. The fourth-order valence-electron chi connectivity index (χ4n) is 3.90. The SMILES string of the molecule is CCCCN1CCOCC2(CC(=O)N(Cc3c(C)noc3C)C2)C1.O=C(O)C(F)(F)F. The van der Waals surface area contributed by atoms with E-state index in [1.807, 2.05) is 18.7 Å². The van der Waals surface area contributed by atoms with Gasteiger partial charge < -0.3 is 24.2 Å². The predicted octanol–water partition coefficient (Wildman–Crippen LogP) is 2.78. The lowest BCUT2D eigenvalue weighted by molar-refractivity contribution is -0.192. The Morgan fingerprint density at radius 2 is 1.97 bits per heavy atom. The Morgan fingerprint density at radius 1 is 1.29 bits per heavy atom. The summed E-state index contributed by atoms with van der Waals surface area (Å²) < 4.78 is 42.8. The van der Waals surface area contributed by atoms with E-state index in [-0.39, 0.29) is 11.3 Å². The Kier molecular flexibility index (Phi) is 8.47. The van der Waals surface area contributed by atoms with E-state index < -0.39 is 12.1 Å². The molecule has 2 fully saturated rings. The number of likely N-dealkylation sites (tertiary alicyclic amines) is 1. The number of halogens is 3. The van der Waals surface area contributed by atoms with E-state index in [1.165, 1.54) is 12.8 Å². The maximum atomic E-state index is 12.6. The van der Waals surface area contributed by atoms with Crippen LogP contribution in [0.5, 0.6) is 0 Å². The summed E-state index contributed by atoms with van der Waals surface area (Å²) in [6.07, 6.45) is -2.10. The number of carboxylic acids is 1. The van der Waals surface area contributed by atoms with Gasteiger partial charge in [-0.3, -0.25) is 4.79 Å².